The van der Waals surface area contributed by atoms with Crippen molar-refractivity contribution in [3.63, 3.8) is 0 Å². The van der Waals surface area contributed by atoms with E-state index in [-0.39, 0.29) is 12.3 Å². The summed E-state index contributed by atoms with van der Waals surface area (Å²) in [6.07, 6.45) is 1.11. The van der Waals surface area contributed by atoms with Crippen molar-refractivity contribution in [2.45, 2.75) is 38.6 Å². The molecule has 6 heteroatoms. The summed E-state index contributed by atoms with van der Waals surface area (Å²) in [7, 11) is 1.59. The topological polar surface area (TPSA) is 75.6 Å². The third-order valence-corrected chi connectivity index (χ3v) is 4.07. The smallest absolute Gasteiger partial charge is 0.329 e. The first kappa shape index (κ1) is 17.5. The van der Waals surface area contributed by atoms with Crippen LogP contribution in [0, 0.1) is 0 Å². The summed E-state index contributed by atoms with van der Waals surface area (Å²) in [6.45, 7) is 3.24. The van der Waals surface area contributed by atoms with E-state index in [2.05, 4.69) is 21.2 Å². The van der Waals surface area contributed by atoms with Crippen molar-refractivity contribution in [2.75, 3.05) is 7.11 Å². The number of nitrogens with one attached hydrogen (secondary N) is 1. The van der Waals surface area contributed by atoms with Gasteiger partial charge >= 0.3 is 5.97 Å². The summed E-state index contributed by atoms with van der Waals surface area (Å²) in [6, 6.07) is 5.60. The second-order valence-corrected chi connectivity index (χ2v) is 5.86. The Morgan fingerprint density at radius 1 is 1.43 bits per heavy atom. The molecule has 2 N–H and O–H groups in total. The van der Waals surface area contributed by atoms with Crippen molar-refractivity contribution in [1.82, 2.24) is 5.32 Å². The number of carboxylic acids is 1. The van der Waals surface area contributed by atoms with Gasteiger partial charge in [-0.1, -0.05) is 13.0 Å². The maximum atomic E-state index is 11.9. The van der Waals surface area contributed by atoms with Gasteiger partial charge in [-0.25, -0.2) is 4.79 Å². The number of aryl methyl sites for hydroxylation is 1. The molecule has 1 amide bonds. The molecule has 1 aromatic rings. The lowest BCUT2D eigenvalue weighted by Gasteiger charge is -2.24. The van der Waals surface area contributed by atoms with E-state index in [1.165, 1.54) is 6.92 Å². The minimum absolute atomic E-state index is 0.238. The van der Waals surface area contributed by atoms with Gasteiger partial charge in [0.2, 0.25) is 5.91 Å². The third kappa shape index (κ3) is 4.74. The molecular formula is C15H20BrNO4. The molecule has 0 aromatic heterocycles. The number of carbonyl (C=O) groups excluding carboxylic acids is 1. The number of hydrogen-bond acceptors (Lipinski definition) is 3. The number of halogens is 1. The number of carbonyl (C=O) groups is 2. The van der Waals surface area contributed by atoms with Crippen LogP contribution in [0.15, 0.2) is 22.7 Å². The highest BCUT2D eigenvalue weighted by molar-refractivity contribution is 9.10. The molecule has 0 aliphatic heterocycles. The normalized spacial score (nSPS) is 13.3. The van der Waals surface area contributed by atoms with Crippen molar-refractivity contribution < 1.29 is 19.4 Å². The molecule has 0 aliphatic rings. The van der Waals surface area contributed by atoms with E-state index in [1.807, 2.05) is 18.2 Å². The summed E-state index contributed by atoms with van der Waals surface area (Å²) < 4.78 is 5.97. The molecule has 0 fully saturated rings. The highest BCUT2D eigenvalue weighted by Gasteiger charge is 2.32. The predicted molar refractivity (Wildman–Crippen MR) is 83.5 cm³/mol. The fourth-order valence-corrected chi connectivity index (χ4v) is 2.37. The largest absolute Gasteiger partial charge is 0.496 e. The lowest BCUT2D eigenvalue weighted by atomic mass is 9.98. The monoisotopic (exact) mass is 357 g/mol. The lowest BCUT2D eigenvalue weighted by molar-refractivity contribution is -0.147. The van der Waals surface area contributed by atoms with E-state index < -0.39 is 11.5 Å². The summed E-state index contributed by atoms with van der Waals surface area (Å²) in [5.74, 6) is -0.563. The number of aliphatic carboxylic acids is 1. The van der Waals surface area contributed by atoms with Crippen molar-refractivity contribution in [2.24, 2.45) is 0 Å². The highest BCUT2D eigenvalue weighted by Crippen LogP contribution is 2.26. The van der Waals surface area contributed by atoms with Crippen LogP contribution < -0.4 is 10.1 Å². The van der Waals surface area contributed by atoms with E-state index in [0.717, 1.165) is 15.8 Å². The maximum Gasteiger partial charge on any atom is 0.329 e. The molecule has 1 rings (SSSR count). The van der Waals surface area contributed by atoms with Crippen LogP contribution in [0.3, 0.4) is 0 Å². The number of rotatable bonds is 7. The van der Waals surface area contributed by atoms with Gasteiger partial charge in [0.05, 0.1) is 11.6 Å². The van der Waals surface area contributed by atoms with Crippen LogP contribution in [-0.2, 0) is 16.0 Å². The minimum Gasteiger partial charge on any atom is -0.496 e. The predicted octanol–water partition coefficient (Wildman–Crippen LogP) is 2.76. The molecule has 0 aliphatic carbocycles. The summed E-state index contributed by atoms with van der Waals surface area (Å²) in [5.41, 5.74) is -0.233. The zero-order valence-corrected chi connectivity index (χ0v) is 14.0. The average molecular weight is 358 g/mol. The van der Waals surface area contributed by atoms with Gasteiger partial charge in [-0.15, -0.1) is 0 Å². The van der Waals surface area contributed by atoms with Gasteiger partial charge < -0.3 is 15.2 Å². The van der Waals surface area contributed by atoms with Crippen LogP contribution in [0.2, 0.25) is 0 Å². The number of benzene rings is 1. The van der Waals surface area contributed by atoms with E-state index in [1.54, 1.807) is 14.0 Å². The van der Waals surface area contributed by atoms with Crippen molar-refractivity contribution >= 4 is 27.8 Å². The van der Waals surface area contributed by atoms with E-state index >= 15 is 0 Å². The first-order chi connectivity index (χ1) is 9.82. The Kier molecular flexibility index (Phi) is 6.20. The van der Waals surface area contributed by atoms with Crippen LogP contribution in [0.5, 0.6) is 5.75 Å². The number of hydrogen-bond donors (Lipinski definition) is 2. The van der Waals surface area contributed by atoms with E-state index in [4.69, 9.17) is 9.84 Å². The Balaban J connectivity index is 2.61. The Morgan fingerprint density at radius 2 is 2.10 bits per heavy atom. The Bertz CT molecular complexity index is 532. The first-order valence-corrected chi connectivity index (χ1v) is 7.48. The second-order valence-electron chi connectivity index (χ2n) is 5.01. The van der Waals surface area contributed by atoms with Gasteiger partial charge in [0.1, 0.15) is 11.3 Å². The van der Waals surface area contributed by atoms with Crippen LogP contribution >= 0.6 is 15.9 Å². The summed E-state index contributed by atoms with van der Waals surface area (Å²) >= 11 is 3.39. The van der Waals surface area contributed by atoms with Crippen LogP contribution in [-0.4, -0.2) is 29.6 Å². The molecule has 21 heavy (non-hydrogen) atoms. The molecule has 0 spiro atoms. The molecule has 0 radical (unpaired) electrons. The maximum absolute atomic E-state index is 11.9. The second kappa shape index (κ2) is 7.45. The van der Waals surface area contributed by atoms with E-state index in [0.29, 0.717) is 12.8 Å². The standard InChI is InChI=1S/C15H20BrNO4/c1-4-15(2,14(19)20)17-13(18)8-6-10-5-7-12(21-3)11(16)9-10/h5,7,9H,4,6,8H2,1-3H3,(H,17,18)(H,19,20). The zero-order chi connectivity index (χ0) is 16.0. The molecule has 116 valence electrons. The lowest BCUT2D eigenvalue weighted by Crippen LogP contribution is -2.51. The molecule has 0 heterocycles. The van der Waals surface area contributed by atoms with Gasteiger partial charge in [-0.3, -0.25) is 4.79 Å². The fraction of sp³-hybridized carbons (Fsp3) is 0.467. The zero-order valence-electron chi connectivity index (χ0n) is 12.4. The van der Waals surface area contributed by atoms with E-state index in [9.17, 15) is 9.59 Å². The van der Waals surface area contributed by atoms with Crippen LogP contribution in [0.1, 0.15) is 32.3 Å². The number of methoxy groups -OCH3 is 1. The van der Waals surface area contributed by atoms with Crippen molar-refractivity contribution in [1.29, 1.82) is 0 Å². The molecule has 1 atom stereocenters. The molecule has 5 nitrogen and oxygen atoms in total. The van der Waals surface area contributed by atoms with Gasteiger partial charge in [0.25, 0.3) is 0 Å². The molecule has 1 unspecified atom stereocenters. The molecule has 0 saturated heterocycles. The van der Waals surface area contributed by atoms with Crippen LogP contribution in [0.4, 0.5) is 0 Å². The average Bonchev–Trinajstić information content (AvgIpc) is 2.44. The van der Waals surface area contributed by atoms with Crippen molar-refractivity contribution in [3.8, 4) is 5.75 Å². The molecule has 0 saturated carbocycles. The highest BCUT2D eigenvalue weighted by atomic mass is 79.9. The summed E-state index contributed by atoms with van der Waals surface area (Å²) in [4.78, 5) is 23.0. The molecule has 1 aromatic carbocycles. The van der Waals surface area contributed by atoms with Gasteiger partial charge in [-0.05, 0) is 53.4 Å². The minimum atomic E-state index is -1.21. The Labute approximate surface area is 132 Å². The van der Waals surface area contributed by atoms with Gasteiger partial charge in [0, 0.05) is 6.42 Å². The Morgan fingerprint density at radius 3 is 2.57 bits per heavy atom. The molecule has 0 bridgehead atoms. The fourth-order valence-electron chi connectivity index (χ4n) is 1.79. The van der Waals surface area contributed by atoms with Gasteiger partial charge in [-0.2, -0.15) is 0 Å². The molecular weight excluding hydrogens is 338 g/mol. The quantitative estimate of drug-likeness (QED) is 0.786. The van der Waals surface area contributed by atoms with Crippen LogP contribution in [0.25, 0.3) is 0 Å². The summed E-state index contributed by atoms with van der Waals surface area (Å²) in [5, 5.41) is 11.7. The number of ether oxygens (including phenoxy) is 1. The number of amides is 1. The SMILES string of the molecule is CCC(C)(NC(=O)CCc1ccc(OC)c(Br)c1)C(=O)O. The third-order valence-electron chi connectivity index (χ3n) is 3.45. The first-order valence-electron chi connectivity index (χ1n) is 6.69. The Hall–Kier alpha value is -1.56. The van der Waals surface area contributed by atoms with Crippen molar-refractivity contribution in [3.05, 3.63) is 28.2 Å². The van der Waals surface area contributed by atoms with Gasteiger partial charge in [0.15, 0.2) is 0 Å². The number of carboxylic acid groups (broad SMARTS) is 1.